The molecule has 1 atom stereocenters. The second kappa shape index (κ2) is 7.14. The highest BCUT2D eigenvalue weighted by molar-refractivity contribution is 7.22. The first-order valence-corrected chi connectivity index (χ1v) is 8.93. The molecule has 2 aromatic rings. The number of nitro benzene ring substituents is 1. The molecule has 9 heteroatoms. The molecule has 0 spiro atoms. The molecule has 0 bridgehead atoms. The highest BCUT2D eigenvalue weighted by Gasteiger charge is 2.34. The molecule has 0 unspecified atom stereocenters. The summed E-state index contributed by atoms with van der Waals surface area (Å²) in [6.07, 6.45) is 2.14. The van der Waals surface area contributed by atoms with E-state index in [4.69, 9.17) is 0 Å². The maximum atomic E-state index is 12.4. The minimum Gasteiger partial charge on any atom is -0.342 e. The van der Waals surface area contributed by atoms with Crippen LogP contribution in [-0.2, 0) is 9.59 Å². The predicted octanol–water partition coefficient (Wildman–Crippen LogP) is 2.79. The molecule has 1 saturated heterocycles. The molecule has 1 aromatic carbocycles. The SMILES string of the molecule is CCCCN1C[C@H](C(=O)Nc2nc3ccc([N+](=O)[O-])cc3s2)CC1=O. The number of nitrogens with zero attached hydrogens (tertiary/aromatic N) is 3. The number of thiazole rings is 1. The number of likely N-dealkylation sites (tertiary alicyclic amines) is 1. The molecule has 1 aliphatic heterocycles. The molecule has 1 N–H and O–H groups in total. The van der Waals surface area contributed by atoms with Crippen LogP contribution in [0.25, 0.3) is 10.2 Å². The number of amides is 2. The summed E-state index contributed by atoms with van der Waals surface area (Å²) in [6.45, 7) is 3.17. The topological polar surface area (TPSA) is 105 Å². The van der Waals surface area contributed by atoms with E-state index in [1.807, 2.05) is 0 Å². The summed E-state index contributed by atoms with van der Waals surface area (Å²) in [4.78, 5) is 40.7. The monoisotopic (exact) mass is 362 g/mol. The summed E-state index contributed by atoms with van der Waals surface area (Å²) in [7, 11) is 0. The first kappa shape index (κ1) is 17.3. The van der Waals surface area contributed by atoms with Gasteiger partial charge < -0.3 is 10.2 Å². The largest absolute Gasteiger partial charge is 0.342 e. The maximum Gasteiger partial charge on any atom is 0.270 e. The van der Waals surface area contributed by atoms with Crippen molar-refractivity contribution >= 4 is 44.2 Å². The average Bonchev–Trinajstić information content (AvgIpc) is 3.14. The van der Waals surface area contributed by atoms with Gasteiger partial charge in [0.15, 0.2) is 5.13 Å². The van der Waals surface area contributed by atoms with E-state index in [2.05, 4.69) is 17.2 Å². The fourth-order valence-corrected chi connectivity index (χ4v) is 3.70. The van der Waals surface area contributed by atoms with E-state index >= 15 is 0 Å². The minimum absolute atomic E-state index is 0.00789. The van der Waals surface area contributed by atoms with E-state index in [0.29, 0.717) is 28.4 Å². The molecule has 3 rings (SSSR count). The number of rotatable bonds is 6. The number of unbranched alkanes of at least 4 members (excludes halogenated alkanes) is 1. The van der Waals surface area contributed by atoms with Crippen LogP contribution in [0.2, 0.25) is 0 Å². The number of hydrogen-bond acceptors (Lipinski definition) is 6. The zero-order valence-electron chi connectivity index (χ0n) is 13.7. The number of fused-ring (bicyclic) bond motifs is 1. The van der Waals surface area contributed by atoms with Gasteiger partial charge in [-0.1, -0.05) is 24.7 Å². The van der Waals surface area contributed by atoms with Crippen molar-refractivity contribution < 1.29 is 14.5 Å². The normalized spacial score (nSPS) is 17.2. The Kier molecular flexibility index (Phi) is 4.93. The lowest BCUT2D eigenvalue weighted by Gasteiger charge is -2.15. The molecule has 0 saturated carbocycles. The first-order valence-electron chi connectivity index (χ1n) is 8.11. The fraction of sp³-hybridized carbons (Fsp3) is 0.438. The van der Waals surface area contributed by atoms with Crippen LogP contribution in [-0.4, -0.2) is 39.7 Å². The van der Waals surface area contributed by atoms with Crippen molar-refractivity contribution in [3.8, 4) is 0 Å². The summed E-state index contributed by atoms with van der Waals surface area (Å²) in [5.41, 5.74) is 0.583. The average molecular weight is 362 g/mol. The van der Waals surface area contributed by atoms with Crippen molar-refractivity contribution in [1.82, 2.24) is 9.88 Å². The van der Waals surface area contributed by atoms with Crippen LogP contribution in [0.15, 0.2) is 18.2 Å². The van der Waals surface area contributed by atoms with Crippen LogP contribution in [0.3, 0.4) is 0 Å². The van der Waals surface area contributed by atoms with E-state index in [0.717, 1.165) is 12.8 Å². The molecule has 0 radical (unpaired) electrons. The number of nitro groups is 1. The third kappa shape index (κ3) is 3.76. The van der Waals surface area contributed by atoms with Crippen LogP contribution >= 0.6 is 11.3 Å². The summed E-state index contributed by atoms with van der Waals surface area (Å²) in [6, 6.07) is 4.38. The highest BCUT2D eigenvalue weighted by Crippen LogP contribution is 2.30. The number of benzene rings is 1. The maximum absolute atomic E-state index is 12.4. The van der Waals surface area contributed by atoms with Crippen molar-refractivity contribution in [3.05, 3.63) is 28.3 Å². The van der Waals surface area contributed by atoms with Gasteiger partial charge in [0, 0.05) is 31.6 Å². The van der Waals surface area contributed by atoms with Crippen molar-refractivity contribution in [1.29, 1.82) is 0 Å². The van der Waals surface area contributed by atoms with Gasteiger partial charge in [0.2, 0.25) is 11.8 Å². The van der Waals surface area contributed by atoms with Gasteiger partial charge in [0.05, 0.1) is 21.1 Å². The molecule has 1 aliphatic rings. The van der Waals surface area contributed by atoms with Gasteiger partial charge in [-0.25, -0.2) is 4.98 Å². The smallest absolute Gasteiger partial charge is 0.270 e. The van der Waals surface area contributed by atoms with Crippen molar-refractivity contribution in [2.45, 2.75) is 26.2 Å². The van der Waals surface area contributed by atoms with Gasteiger partial charge in [0.1, 0.15) is 0 Å². The van der Waals surface area contributed by atoms with Gasteiger partial charge in [-0.05, 0) is 12.5 Å². The predicted molar refractivity (Wildman–Crippen MR) is 94.5 cm³/mol. The summed E-state index contributed by atoms with van der Waals surface area (Å²) in [5, 5.41) is 14.0. The minimum atomic E-state index is -0.466. The van der Waals surface area contributed by atoms with Gasteiger partial charge >= 0.3 is 0 Å². The quantitative estimate of drug-likeness (QED) is 0.628. The molecule has 1 fully saturated rings. The Bertz CT molecular complexity index is 835. The molecular formula is C16H18N4O4S. The van der Waals surface area contributed by atoms with Gasteiger partial charge in [0.25, 0.3) is 5.69 Å². The van der Waals surface area contributed by atoms with Crippen molar-refractivity contribution in [3.63, 3.8) is 0 Å². The first-order chi connectivity index (χ1) is 12.0. The van der Waals surface area contributed by atoms with Crippen LogP contribution < -0.4 is 5.32 Å². The van der Waals surface area contributed by atoms with Crippen molar-refractivity contribution in [2.75, 3.05) is 18.4 Å². The number of hydrogen-bond donors (Lipinski definition) is 1. The number of carbonyl (C=O) groups is 2. The van der Waals surface area contributed by atoms with Crippen molar-refractivity contribution in [2.24, 2.45) is 5.92 Å². The molecule has 2 amide bonds. The fourth-order valence-electron chi connectivity index (χ4n) is 2.80. The standard InChI is InChI=1S/C16H18N4O4S/c1-2-3-6-19-9-10(7-14(19)21)15(22)18-16-17-12-5-4-11(20(23)24)8-13(12)25-16/h4-5,8,10H,2-3,6-7,9H2,1H3,(H,17,18,22)/t10-/m1/s1. The Labute approximate surface area is 148 Å². The lowest BCUT2D eigenvalue weighted by Crippen LogP contribution is -2.29. The molecule has 1 aromatic heterocycles. The van der Waals surface area contributed by atoms with Crippen LogP contribution in [0.4, 0.5) is 10.8 Å². The molecule has 8 nitrogen and oxygen atoms in total. The highest BCUT2D eigenvalue weighted by atomic mass is 32.1. The summed E-state index contributed by atoms with van der Waals surface area (Å²) >= 11 is 1.19. The van der Waals surface area contributed by atoms with E-state index in [-0.39, 0.29) is 29.8 Å². The van der Waals surface area contributed by atoms with E-state index < -0.39 is 4.92 Å². The van der Waals surface area contributed by atoms with E-state index in [1.165, 1.54) is 23.5 Å². The number of aromatic nitrogens is 1. The number of anilines is 1. The number of non-ortho nitro benzene ring substituents is 1. The second-order valence-corrected chi connectivity index (χ2v) is 7.04. The molecular weight excluding hydrogens is 344 g/mol. The third-order valence-electron chi connectivity index (χ3n) is 4.18. The lowest BCUT2D eigenvalue weighted by molar-refractivity contribution is -0.384. The third-order valence-corrected chi connectivity index (χ3v) is 5.11. The second-order valence-electron chi connectivity index (χ2n) is 6.01. The Morgan fingerprint density at radius 1 is 1.52 bits per heavy atom. The van der Waals surface area contributed by atoms with E-state index in [9.17, 15) is 19.7 Å². The van der Waals surface area contributed by atoms with Gasteiger partial charge in [-0.15, -0.1) is 0 Å². The number of nitrogens with one attached hydrogen (secondary N) is 1. The Balaban J connectivity index is 1.68. The summed E-state index contributed by atoms with van der Waals surface area (Å²) < 4.78 is 0.636. The molecule has 25 heavy (non-hydrogen) atoms. The van der Waals surface area contributed by atoms with Crippen LogP contribution in [0.5, 0.6) is 0 Å². The Hall–Kier alpha value is -2.55. The Morgan fingerprint density at radius 3 is 3.04 bits per heavy atom. The number of carbonyl (C=O) groups excluding carboxylic acids is 2. The van der Waals surface area contributed by atoms with Gasteiger partial charge in [-0.2, -0.15) is 0 Å². The zero-order valence-corrected chi connectivity index (χ0v) is 14.5. The lowest BCUT2D eigenvalue weighted by atomic mass is 10.1. The Morgan fingerprint density at radius 2 is 2.32 bits per heavy atom. The van der Waals surface area contributed by atoms with Crippen LogP contribution in [0.1, 0.15) is 26.2 Å². The molecule has 2 heterocycles. The zero-order chi connectivity index (χ0) is 18.0. The molecule has 0 aliphatic carbocycles. The summed E-state index contributed by atoms with van der Waals surface area (Å²) in [5.74, 6) is -0.611. The van der Waals surface area contributed by atoms with Crippen LogP contribution in [0, 0.1) is 16.0 Å². The molecule has 132 valence electrons. The van der Waals surface area contributed by atoms with E-state index in [1.54, 1.807) is 11.0 Å². The van der Waals surface area contributed by atoms with Gasteiger partial charge in [-0.3, -0.25) is 19.7 Å².